The fourth-order valence-electron chi connectivity index (χ4n) is 2.83. The lowest BCUT2D eigenvalue weighted by Crippen LogP contribution is -2.34. The second-order valence-corrected chi connectivity index (χ2v) is 7.47. The van der Waals surface area contributed by atoms with Gasteiger partial charge in [-0.1, -0.05) is 48.4 Å². The number of para-hydroxylation sites is 1. The summed E-state index contributed by atoms with van der Waals surface area (Å²) in [7, 11) is 0. The molecule has 0 bridgehead atoms. The van der Waals surface area contributed by atoms with E-state index >= 15 is 0 Å². The summed E-state index contributed by atoms with van der Waals surface area (Å²) in [5, 5.41) is 8.65. The normalized spacial score (nSPS) is 11.6. The van der Waals surface area contributed by atoms with Gasteiger partial charge >= 0.3 is 0 Å². The van der Waals surface area contributed by atoms with Crippen LogP contribution in [0.15, 0.2) is 70.2 Å². The fraction of sp³-hybridized carbons (Fsp3) is 0.125. The number of hydrogen-bond acceptors (Lipinski definition) is 4. The minimum atomic E-state index is -0.950. The van der Waals surface area contributed by atoms with E-state index in [9.17, 15) is 9.59 Å². The van der Waals surface area contributed by atoms with E-state index in [1.54, 1.807) is 24.3 Å². The Bertz CT molecular complexity index is 1180. The van der Waals surface area contributed by atoms with Crippen LogP contribution in [0.2, 0.25) is 0 Å². The maximum absolute atomic E-state index is 12.4. The summed E-state index contributed by atoms with van der Waals surface area (Å²) < 4.78 is 6.33. The molecule has 2 N–H and O–H groups in total. The van der Waals surface area contributed by atoms with Crippen LogP contribution in [0, 0.1) is 18.3 Å². The molecule has 0 saturated heterocycles. The second-order valence-electron chi connectivity index (χ2n) is 6.62. The van der Waals surface area contributed by atoms with Gasteiger partial charge in [-0.3, -0.25) is 9.59 Å². The lowest BCUT2D eigenvalue weighted by atomic mass is 10.0. The van der Waals surface area contributed by atoms with Crippen LogP contribution in [0.5, 0.6) is 5.75 Å². The average molecular weight is 478 g/mol. The first kappa shape index (κ1) is 22.1. The topological polar surface area (TPSA) is 79.8 Å². The quantitative estimate of drug-likeness (QED) is 0.230. The number of benzene rings is 3. The average Bonchev–Trinajstić information content (AvgIpc) is 2.79. The molecular formula is C24H20BrN3O3. The predicted octanol–water partition coefficient (Wildman–Crippen LogP) is 4.34. The zero-order chi connectivity index (χ0) is 22.2. The Balaban J connectivity index is 1.73. The number of nitrogens with one attached hydrogen (secondary N) is 2. The molecule has 6 nitrogen and oxygen atoms in total. The number of anilines is 1. The maximum Gasteiger partial charge on any atom is 0.252 e. The number of hydrazone groups is 1. The number of carbonyl (C=O) groups excluding carboxylic acids is 2. The van der Waals surface area contributed by atoms with Crippen molar-refractivity contribution in [2.45, 2.75) is 6.92 Å². The molecule has 1 unspecified atom stereocenters. The first-order valence-corrected chi connectivity index (χ1v) is 10.3. The SMILES string of the molecule is C#CCOc1ccc2ccccc2c1C=NNC(=O)C(C)C(=O)Nc1ccccc1Br. The standard InChI is InChI=1S/C24H20BrN3O3/c1-3-14-31-22-13-12-17-8-4-5-9-18(17)19(22)15-26-28-24(30)16(2)23(29)27-21-11-7-6-10-20(21)25/h1,4-13,15-16H,14H2,2H3,(H,27,29)(H,28,30). The molecule has 0 aliphatic rings. The van der Waals surface area contributed by atoms with Crippen LogP contribution in [0.4, 0.5) is 5.69 Å². The van der Waals surface area contributed by atoms with Crippen LogP contribution in [0.25, 0.3) is 10.8 Å². The molecule has 156 valence electrons. The maximum atomic E-state index is 12.4. The highest BCUT2D eigenvalue weighted by atomic mass is 79.9. The van der Waals surface area contributed by atoms with Crippen LogP contribution < -0.4 is 15.5 Å². The van der Waals surface area contributed by atoms with Gasteiger partial charge in [0.05, 0.1) is 11.9 Å². The Morgan fingerprint density at radius 3 is 2.65 bits per heavy atom. The number of amides is 2. The number of carbonyl (C=O) groups is 2. The molecule has 0 fully saturated rings. The van der Waals surface area contributed by atoms with Crippen molar-refractivity contribution in [2.75, 3.05) is 11.9 Å². The molecule has 3 rings (SSSR count). The number of hydrogen-bond donors (Lipinski definition) is 2. The third-order valence-corrected chi connectivity index (χ3v) is 5.22. The number of nitrogens with zero attached hydrogens (tertiary/aromatic N) is 1. The molecule has 0 radical (unpaired) electrons. The van der Waals surface area contributed by atoms with E-state index in [-0.39, 0.29) is 6.61 Å². The molecular weight excluding hydrogens is 458 g/mol. The summed E-state index contributed by atoms with van der Waals surface area (Å²) >= 11 is 3.36. The zero-order valence-corrected chi connectivity index (χ0v) is 18.3. The first-order chi connectivity index (χ1) is 15.0. The molecule has 2 amide bonds. The van der Waals surface area contributed by atoms with Crippen molar-refractivity contribution >= 4 is 50.4 Å². The summed E-state index contributed by atoms with van der Waals surface area (Å²) in [6, 6.07) is 18.6. The molecule has 1 atom stereocenters. The van der Waals surface area contributed by atoms with Crippen molar-refractivity contribution in [1.29, 1.82) is 0 Å². The van der Waals surface area contributed by atoms with Crippen molar-refractivity contribution in [3.8, 4) is 18.1 Å². The molecule has 0 aliphatic heterocycles. The monoisotopic (exact) mass is 477 g/mol. The van der Waals surface area contributed by atoms with Crippen LogP contribution in [-0.2, 0) is 9.59 Å². The zero-order valence-electron chi connectivity index (χ0n) is 16.8. The van der Waals surface area contributed by atoms with Gasteiger partial charge in [0.15, 0.2) is 0 Å². The molecule has 3 aromatic rings. The van der Waals surface area contributed by atoms with Crippen molar-refractivity contribution < 1.29 is 14.3 Å². The second kappa shape index (κ2) is 10.4. The van der Waals surface area contributed by atoms with E-state index < -0.39 is 17.7 Å². The highest BCUT2D eigenvalue weighted by Gasteiger charge is 2.21. The summed E-state index contributed by atoms with van der Waals surface area (Å²) in [6.07, 6.45) is 6.79. The fourth-order valence-corrected chi connectivity index (χ4v) is 3.22. The Labute approximate surface area is 188 Å². The van der Waals surface area contributed by atoms with Gasteiger partial charge in [-0.25, -0.2) is 5.43 Å². The molecule has 0 spiro atoms. The van der Waals surface area contributed by atoms with Gasteiger partial charge in [-0.05, 0) is 51.8 Å². The summed E-state index contributed by atoms with van der Waals surface area (Å²) in [6.45, 7) is 1.62. The Morgan fingerprint density at radius 1 is 1.13 bits per heavy atom. The minimum Gasteiger partial charge on any atom is -0.480 e. The van der Waals surface area contributed by atoms with Gasteiger partial charge in [-0.15, -0.1) is 6.42 Å². The van der Waals surface area contributed by atoms with Gasteiger partial charge in [0.2, 0.25) is 5.91 Å². The van der Waals surface area contributed by atoms with Gasteiger partial charge < -0.3 is 10.1 Å². The number of fused-ring (bicyclic) bond motifs is 1. The summed E-state index contributed by atoms with van der Waals surface area (Å²) in [5.41, 5.74) is 3.69. The summed E-state index contributed by atoms with van der Waals surface area (Å²) in [4.78, 5) is 24.8. The van der Waals surface area contributed by atoms with Crippen molar-refractivity contribution in [2.24, 2.45) is 11.0 Å². The highest BCUT2D eigenvalue weighted by molar-refractivity contribution is 9.10. The number of terminal acetylenes is 1. The lowest BCUT2D eigenvalue weighted by molar-refractivity contribution is -0.131. The molecule has 7 heteroatoms. The number of halogens is 1. The minimum absolute atomic E-state index is 0.109. The largest absolute Gasteiger partial charge is 0.480 e. The Morgan fingerprint density at radius 2 is 1.87 bits per heavy atom. The van der Waals surface area contributed by atoms with Crippen molar-refractivity contribution in [1.82, 2.24) is 5.43 Å². The first-order valence-electron chi connectivity index (χ1n) is 9.47. The van der Waals surface area contributed by atoms with Crippen molar-refractivity contribution in [3.63, 3.8) is 0 Å². The molecule has 0 aliphatic carbocycles. The van der Waals surface area contributed by atoms with Gasteiger partial charge in [0.25, 0.3) is 5.91 Å². The van der Waals surface area contributed by atoms with E-state index in [1.807, 2.05) is 36.4 Å². The van der Waals surface area contributed by atoms with E-state index in [4.69, 9.17) is 11.2 Å². The van der Waals surface area contributed by atoms with Crippen LogP contribution in [0.3, 0.4) is 0 Å². The van der Waals surface area contributed by atoms with E-state index in [0.717, 1.165) is 15.2 Å². The van der Waals surface area contributed by atoms with E-state index in [0.29, 0.717) is 17.0 Å². The van der Waals surface area contributed by atoms with Gasteiger partial charge in [0.1, 0.15) is 18.3 Å². The molecule has 0 saturated carbocycles. The molecule has 31 heavy (non-hydrogen) atoms. The van der Waals surface area contributed by atoms with Crippen molar-refractivity contribution in [3.05, 3.63) is 70.7 Å². The Hall–Kier alpha value is -3.63. The number of rotatable bonds is 7. The third-order valence-electron chi connectivity index (χ3n) is 4.53. The van der Waals surface area contributed by atoms with Gasteiger partial charge in [-0.2, -0.15) is 5.10 Å². The highest BCUT2D eigenvalue weighted by Crippen LogP contribution is 2.26. The summed E-state index contributed by atoms with van der Waals surface area (Å²) in [5.74, 6) is 1.06. The van der Waals surface area contributed by atoms with E-state index in [1.165, 1.54) is 13.1 Å². The smallest absolute Gasteiger partial charge is 0.252 e. The molecule has 3 aromatic carbocycles. The van der Waals surface area contributed by atoms with E-state index in [2.05, 4.69) is 37.7 Å². The molecule has 0 heterocycles. The van der Waals surface area contributed by atoms with Crippen LogP contribution in [-0.4, -0.2) is 24.6 Å². The van der Waals surface area contributed by atoms with Gasteiger partial charge in [0, 0.05) is 10.0 Å². The number of ether oxygens (including phenoxy) is 1. The lowest BCUT2D eigenvalue weighted by Gasteiger charge is -2.12. The van der Waals surface area contributed by atoms with Crippen LogP contribution in [0.1, 0.15) is 12.5 Å². The van der Waals surface area contributed by atoms with Crippen LogP contribution >= 0.6 is 15.9 Å². The Kier molecular flexibility index (Phi) is 7.41. The third kappa shape index (κ3) is 5.50. The molecule has 0 aromatic heterocycles. The predicted molar refractivity (Wildman–Crippen MR) is 126 cm³/mol.